The van der Waals surface area contributed by atoms with Crippen LogP contribution in [0, 0.1) is 11.8 Å². The van der Waals surface area contributed by atoms with E-state index in [4.69, 9.17) is 0 Å². The van der Waals surface area contributed by atoms with Crippen LogP contribution in [0.5, 0.6) is 0 Å². The summed E-state index contributed by atoms with van der Waals surface area (Å²) < 4.78 is 0. The van der Waals surface area contributed by atoms with Gasteiger partial charge in [-0.15, -0.1) is 0 Å². The van der Waals surface area contributed by atoms with E-state index in [9.17, 15) is 9.59 Å². The lowest BCUT2D eigenvalue weighted by Gasteiger charge is -2.34. The molecule has 2 amide bonds. The Hall–Kier alpha value is -1.84. The number of benzene rings is 1. The summed E-state index contributed by atoms with van der Waals surface area (Å²) in [5.74, 6) is 0.109. The highest BCUT2D eigenvalue weighted by molar-refractivity contribution is 5.88. The average Bonchev–Trinajstić information content (AvgIpc) is 2.59. The van der Waals surface area contributed by atoms with Gasteiger partial charge in [0.2, 0.25) is 11.8 Å². The van der Waals surface area contributed by atoms with Gasteiger partial charge in [0.05, 0.1) is 0 Å². The minimum absolute atomic E-state index is 0.00413. The van der Waals surface area contributed by atoms with Crippen molar-refractivity contribution in [1.29, 1.82) is 0 Å². The zero-order valence-corrected chi connectivity index (χ0v) is 15.3. The number of hydrogen-bond donors (Lipinski definition) is 1. The molecule has 0 aromatic heterocycles. The van der Waals surface area contributed by atoms with Crippen molar-refractivity contribution in [3.05, 3.63) is 35.4 Å². The van der Waals surface area contributed by atoms with Crippen LogP contribution in [0.25, 0.3) is 0 Å². The van der Waals surface area contributed by atoms with Gasteiger partial charge >= 0.3 is 0 Å². The standard InChI is InChI=1S/C20H30N2O2/c1-5-15(6-2)19(23)21-18(14(3)4)20(24)22-12-11-16-9-7-8-10-17(16)13-22/h7-10,14-15,18H,5-6,11-13H2,1-4H3,(H,21,23)/t18-/m0/s1. The van der Waals surface area contributed by atoms with Crippen molar-refractivity contribution in [2.45, 2.75) is 59.5 Å². The Morgan fingerprint density at radius 1 is 1.12 bits per heavy atom. The molecular weight excluding hydrogens is 300 g/mol. The van der Waals surface area contributed by atoms with Crippen molar-refractivity contribution in [2.75, 3.05) is 6.54 Å². The fourth-order valence-electron chi connectivity index (χ4n) is 3.32. The van der Waals surface area contributed by atoms with E-state index < -0.39 is 6.04 Å². The van der Waals surface area contributed by atoms with Gasteiger partial charge in [0.15, 0.2) is 0 Å². The molecule has 2 rings (SSSR count). The summed E-state index contributed by atoms with van der Waals surface area (Å²) in [5, 5.41) is 3.01. The second kappa shape index (κ2) is 8.32. The normalized spacial score (nSPS) is 15.3. The predicted octanol–water partition coefficient (Wildman–Crippen LogP) is 3.15. The number of carbonyl (C=O) groups excluding carboxylic acids is 2. The molecule has 0 bridgehead atoms. The molecule has 1 aliphatic heterocycles. The van der Waals surface area contributed by atoms with Crippen molar-refractivity contribution in [3.8, 4) is 0 Å². The van der Waals surface area contributed by atoms with Gasteiger partial charge in [-0.2, -0.15) is 0 Å². The maximum atomic E-state index is 13.0. The molecule has 24 heavy (non-hydrogen) atoms. The lowest BCUT2D eigenvalue weighted by atomic mass is 9.96. The van der Waals surface area contributed by atoms with E-state index in [0.717, 1.165) is 25.8 Å². The van der Waals surface area contributed by atoms with E-state index in [1.54, 1.807) is 0 Å². The fourth-order valence-corrected chi connectivity index (χ4v) is 3.32. The van der Waals surface area contributed by atoms with Gasteiger partial charge in [-0.05, 0) is 36.3 Å². The predicted molar refractivity (Wildman–Crippen MR) is 96.4 cm³/mol. The first-order chi connectivity index (χ1) is 11.5. The van der Waals surface area contributed by atoms with Crippen molar-refractivity contribution in [1.82, 2.24) is 10.2 Å². The van der Waals surface area contributed by atoms with Crippen molar-refractivity contribution in [2.24, 2.45) is 11.8 Å². The third-order valence-electron chi connectivity index (χ3n) is 5.03. The maximum absolute atomic E-state index is 13.0. The number of carbonyl (C=O) groups is 2. The zero-order chi connectivity index (χ0) is 17.7. The van der Waals surface area contributed by atoms with Gasteiger partial charge in [0.25, 0.3) is 0 Å². The van der Waals surface area contributed by atoms with Crippen molar-refractivity contribution >= 4 is 11.8 Å². The number of rotatable bonds is 6. The maximum Gasteiger partial charge on any atom is 0.245 e. The molecule has 1 aromatic rings. The Kier molecular flexibility index (Phi) is 6.41. The number of fused-ring (bicyclic) bond motifs is 1. The first-order valence-electron chi connectivity index (χ1n) is 9.13. The van der Waals surface area contributed by atoms with E-state index in [1.807, 2.05) is 44.7 Å². The van der Waals surface area contributed by atoms with Crippen LogP contribution < -0.4 is 5.32 Å². The molecule has 1 aromatic carbocycles. The molecule has 0 spiro atoms. The smallest absolute Gasteiger partial charge is 0.245 e. The quantitative estimate of drug-likeness (QED) is 0.871. The zero-order valence-electron chi connectivity index (χ0n) is 15.3. The van der Waals surface area contributed by atoms with Crippen LogP contribution in [-0.4, -0.2) is 29.3 Å². The molecule has 1 N–H and O–H groups in total. The third-order valence-corrected chi connectivity index (χ3v) is 5.03. The summed E-state index contributed by atoms with van der Waals surface area (Å²) >= 11 is 0. The minimum atomic E-state index is -0.441. The molecule has 1 heterocycles. The third kappa shape index (κ3) is 4.16. The van der Waals surface area contributed by atoms with E-state index in [0.29, 0.717) is 6.54 Å². The summed E-state index contributed by atoms with van der Waals surface area (Å²) in [6.45, 7) is 9.38. The van der Waals surface area contributed by atoms with Crippen LogP contribution >= 0.6 is 0 Å². The second-order valence-electron chi connectivity index (χ2n) is 7.02. The molecule has 1 aliphatic rings. The van der Waals surface area contributed by atoms with Crippen LogP contribution in [0.15, 0.2) is 24.3 Å². The lowest BCUT2D eigenvalue weighted by Crippen LogP contribution is -2.53. The molecule has 4 nitrogen and oxygen atoms in total. The highest BCUT2D eigenvalue weighted by atomic mass is 16.2. The van der Waals surface area contributed by atoms with E-state index >= 15 is 0 Å². The Bertz CT molecular complexity index is 579. The summed E-state index contributed by atoms with van der Waals surface area (Å²) in [6.07, 6.45) is 2.49. The lowest BCUT2D eigenvalue weighted by molar-refractivity contribution is -0.139. The summed E-state index contributed by atoms with van der Waals surface area (Å²) in [7, 11) is 0. The van der Waals surface area contributed by atoms with E-state index in [-0.39, 0.29) is 23.7 Å². The molecule has 0 unspecified atom stereocenters. The molecule has 0 aliphatic carbocycles. The van der Waals surface area contributed by atoms with Crippen molar-refractivity contribution in [3.63, 3.8) is 0 Å². The molecule has 0 fully saturated rings. The fraction of sp³-hybridized carbons (Fsp3) is 0.600. The molecular formula is C20H30N2O2. The molecule has 4 heteroatoms. The van der Waals surface area contributed by atoms with Gasteiger partial charge in [0.1, 0.15) is 6.04 Å². The molecule has 132 valence electrons. The molecule has 1 atom stereocenters. The summed E-state index contributed by atoms with van der Waals surface area (Å²) in [5.41, 5.74) is 2.54. The SMILES string of the molecule is CCC(CC)C(=O)N[C@H](C(=O)N1CCc2ccccc2C1)C(C)C. The van der Waals surface area contributed by atoms with Gasteiger partial charge in [-0.25, -0.2) is 0 Å². The average molecular weight is 330 g/mol. The van der Waals surface area contributed by atoms with Crippen LogP contribution in [0.1, 0.15) is 51.7 Å². The van der Waals surface area contributed by atoms with E-state index in [1.165, 1.54) is 11.1 Å². The largest absolute Gasteiger partial charge is 0.344 e. The van der Waals surface area contributed by atoms with Gasteiger partial charge in [-0.1, -0.05) is 52.0 Å². The summed E-state index contributed by atoms with van der Waals surface area (Å²) in [4.78, 5) is 27.3. The van der Waals surface area contributed by atoms with Crippen LogP contribution in [0.3, 0.4) is 0 Å². The van der Waals surface area contributed by atoms with Gasteiger partial charge < -0.3 is 10.2 Å². The number of hydrogen-bond acceptors (Lipinski definition) is 2. The monoisotopic (exact) mass is 330 g/mol. The summed E-state index contributed by atoms with van der Waals surface area (Å²) in [6, 6.07) is 7.84. The number of nitrogens with zero attached hydrogens (tertiary/aromatic N) is 1. The van der Waals surface area contributed by atoms with Crippen molar-refractivity contribution < 1.29 is 9.59 Å². The van der Waals surface area contributed by atoms with Crippen LogP contribution in [-0.2, 0) is 22.6 Å². The Morgan fingerprint density at radius 2 is 1.75 bits per heavy atom. The highest BCUT2D eigenvalue weighted by Gasteiger charge is 2.31. The molecule has 0 saturated carbocycles. The number of amides is 2. The highest BCUT2D eigenvalue weighted by Crippen LogP contribution is 2.20. The molecule has 0 saturated heterocycles. The minimum Gasteiger partial charge on any atom is -0.344 e. The topological polar surface area (TPSA) is 49.4 Å². The second-order valence-corrected chi connectivity index (χ2v) is 7.02. The first kappa shape index (κ1) is 18.5. The molecule has 0 radical (unpaired) electrons. The Balaban J connectivity index is 2.08. The van der Waals surface area contributed by atoms with Crippen LogP contribution in [0.4, 0.5) is 0 Å². The Morgan fingerprint density at radius 3 is 2.33 bits per heavy atom. The Labute approximate surface area is 145 Å². The van der Waals surface area contributed by atoms with E-state index in [2.05, 4.69) is 17.4 Å². The van der Waals surface area contributed by atoms with Gasteiger partial charge in [0, 0.05) is 19.0 Å². The van der Waals surface area contributed by atoms with Gasteiger partial charge in [-0.3, -0.25) is 9.59 Å². The number of nitrogens with one attached hydrogen (secondary N) is 1. The first-order valence-corrected chi connectivity index (χ1v) is 9.13. The van der Waals surface area contributed by atoms with Crippen LogP contribution in [0.2, 0.25) is 0 Å².